The number of thiazole rings is 1. The van der Waals surface area contributed by atoms with Crippen LogP contribution in [0.1, 0.15) is 18.9 Å². The van der Waals surface area contributed by atoms with E-state index >= 15 is 0 Å². The van der Waals surface area contributed by atoms with Gasteiger partial charge in [-0.3, -0.25) is 9.69 Å². The van der Waals surface area contributed by atoms with Gasteiger partial charge in [-0.1, -0.05) is 30.4 Å². The molecule has 0 radical (unpaired) electrons. The smallest absolute Gasteiger partial charge is 0.266 e. The summed E-state index contributed by atoms with van der Waals surface area (Å²) in [5, 5.41) is 0.661. The van der Waals surface area contributed by atoms with Gasteiger partial charge in [-0.15, -0.1) is 12.4 Å². The molecule has 0 saturated heterocycles. The molecule has 168 valence electrons. The molecule has 2 aromatic carbocycles. The first-order valence-corrected chi connectivity index (χ1v) is 11.0. The van der Waals surface area contributed by atoms with Crippen LogP contribution in [-0.2, 0) is 17.8 Å². The van der Waals surface area contributed by atoms with E-state index in [-0.39, 0.29) is 30.7 Å². The first-order valence-electron chi connectivity index (χ1n) is 10.2. The fourth-order valence-electron chi connectivity index (χ4n) is 3.31. The summed E-state index contributed by atoms with van der Waals surface area (Å²) in [4.78, 5) is 23.6. The predicted octanol–water partition coefficient (Wildman–Crippen LogP) is 5.12. The van der Waals surface area contributed by atoms with Gasteiger partial charge < -0.3 is 9.30 Å². The summed E-state index contributed by atoms with van der Waals surface area (Å²) >= 11 is 1.50. The molecular formula is C23H24ClFN4O2S. The molecule has 0 saturated carbocycles. The van der Waals surface area contributed by atoms with Crippen molar-refractivity contribution in [3.8, 4) is 5.75 Å². The second-order valence-electron chi connectivity index (χ2n) is 7.06. The Morgan fingerprint density at radius 1 is 1.22 bits per heavy atom. The van der Waals surface area contributed by atoms with E-state index in [1.165, 1.54) is 35.6 Å². The van der Waals surface area contributed by atoms with E-state index in [2.05, 4.69) is 18.0 Å². The van der Waals surface area contributed by atoms with Crippen LogP contribution in [0, 0.1) is 5.82 Å². The van der Waals surface area contributed by atoms with E-state index in [4.69, 9.17) is 9.72 Å². The molecular weight excluding hydrogens is 451 g/mol. The van der Waals surface area contributed by atoms with Crippen molar-refractivity contribution in [3.63, 3.8) is 0 Å². The van der Waals surface area contributed by atoms with E-state index in [0.717, 1.165) is 35.2 Å². The van der Waals surface area contributed by atoms with Crippen molar-refractivity contribution in [2.45, 2.75) is 26.3 Å². The summed E-state index contributed by atoms with van der Waals surface area (Å²) in [6.07, 6.45) is 7.02. The Kier molecular flexibility index (Phi) is 8.19. The number of imidazole rings is 1. The Morgan fingerprint density at radius 3 is 2.75 bits per heavy atom. The molecule has 2 aromatic heterocycles. The molecule has 4 aromatic rings. The number of carbonyl (C=O) groups is 1. The number of ether oxygens (including phenoxy) is 1. The molecule has 2 heterocycles. The largest absolute Gasteiger partial charge is 0.484 e. The molecule has 9 heteroatoms. The zero-order valence-electron chi connectivity index (χ0n) is 17.6. The molecule has 0 aliphatic carbocycles. The number of benzene rings is 2. The number of anilines is 1. The van der Waals surface area contributed by atoms with Crippen LogP contribution in [0.4, 0.5) is 9.52 Å². The highest BCUT2D eigenvalue weighted by Gasteiger charge is 2.21. The molecule has 32 heavy (non-hydrogen) atoms. The second-order valence-corrected chi connectivity index (χ2v) is 8.07. The molecule has 0 aliphatic rings. The minimum absolute atomic E-state index is 0. The number of aromatic nitrogens is 3. The number of rotatable bonds is 9. The number of carbonyl (C=O) groups excluding carboxylic acids is 1. The fraction of sp³-hybridized carbons (Fsp3) is 0.261. The van der Waals surface area contributed by atoms with Crippen molar-refractivity contribution < 1.29 is 13.9 Å². The maximum absolute atomic E-state index is 13.1. The quantitative estimate of drug-likeness (QED) is 0.338. The number of para-hydroxylation sites is 1. The van der Waals surface area contributed by atoms with E-state index in [1.54, 1.807) is 17.4 Å². The van der Waals surface area contributed by atoms with Gasteiger partial charge in [-0.2, -0.15) is 0 Å². The molecule has 1 amide bonds. The SMILES string of the molecule is CCc1cccc2sc(N(CCCn3ccnc3)C(=O)COc3ccc(F)cc3)nc12.Cl. The van der Waals surface area contributed by atoms with Crippen molar-refractivity contribution in [2.24, 2.45) is 0 Å². The molecule has 0 N–H and O–H groups in total. The number of aryl methyl sites for hydroxylation is 2. The third-order valence-corrected chi connectivity index (χ3v) is 5.98. The predicted molar refractivity (Wildman–Crippen MR) is 127 cm³/mol. The van der Waals surface area contributed by atoms with Gasteiger partial charge in [0.1, 0.15) is 11.6 Å². The summed E-state index contributed by atoms with van der Waals surface area (Å²) in [6.45, 7) is 3.20. The Morgan fingerprint density at radius 2 is 2.03 bits per heavy atom. The topological polar surface area (TPSA) is 60.2 Å². The minimum atomic E-state index is -0.346. The molecule has 0 aliphatic heterocycles. The first-order chi connectivity index (χ1) is 15.1. The van der Waals surface area contributed by atoms with Crippen molar-refractivity contribution in [3.05, 3.63) is 72.6 Å². The number of amides is 1. The monoisotopic (exact) mass is 474 g/mol. The lowest BCUT2D eigenvalue weighted by atomic mass is 10.1. The lowest BCUT2D eigenvalue weighted by molar-refractivity contribution is -0.120. The van der Waals surface area contributed by atoms with Crippen molar-refractivity contribution >= 4 is 45.0 Å². The lowest BCUT2D eigenvalue weighted by Gasteiger charge is -2.20. The number of halogens is 2. The second kappa shape index (κ2) is 11.1. The van der Waals surface area contributed by atoms with Crippen LogP contribution in [-0.4, -0.2) is 33.6 Å². The van der Waals surface area contributed by atoms with Crippen LogP contribution in [0.5, 0.6) is 5.75 Å². The highest BCUT2D eigenvalue weighted by molar-refractivity contribution is 7.22. The highest BCUT2D eigenvalue weighted by Crippen LogP contribution is 2.31. The Balaban J connectivity index is 0.00000289. The molecule has 0 bridgehead atoms. The molecule has 0 atom stereocenters. The Bertz CT molecular complexity index is 1150. The van der Waals surface area contributed by atoms with Gasteiger partial charge in [0.2, 0.25) is 0 Å². The summed E-state index contributed by atoms with van der Waals surface area (Å²) in [6, 6.07) is 11.7. The van der Waals surface area contributed by atoms with Crippen LogP contribution in [0.15, 0.2) is 61.2 Å². The standard InChI is InChI=1S/C23H23FN4O2S.ClH/c1-2-17-5-3-6-20-22(17)26-23(31-20)28(13-4-12-27-14-11-25-16-27)21(29)15-30-19-9-7-18(24)8-10-19;/h3,5-11,14,16H,2,4,12-13,15H2,1H3;1H. The fourth-order valence-corrected chi connectivity index (χ4v) is 4.36. The van der Waals surface area contributed by atoms with Gasteiger partial charge in [0, 0.05) is 25.5 Å². The summed E-state index contributed by atoms with van der Waals surface area (Å²) < 4.78 is 21.7. The normalized spacial score (nSPS) is 10.7. The van der Waals surface area contributed by atoms with E-state index in [9.17, 15) is 9.18 Å². The highest BCUT2D eigenvalue weighted by atomic mass is 35.5. The lowest BCUT2D eigenvalue weighted by Crippen LogP contribution is -2.36. The summed E-state index contributed by atoms with van der Waals surface area (Å²) in [5.41, 5.74) is 2.10. The van der Waals surface area contributed by atoms with Gasteiger partial charge >= 0.3 is 0 Å². The average molecular weight is 475 g/mol. The van der Waals surface area contributed by atoms with Crippen molar-refractivity contribution in [1.82, 2.24) is 14.5 Å². The first kappa shape index (κ1) is 23.7. The molecule has 4 rings (SSSR count). The minimum Gasteiger partial charge on any atom is -0.484 e. The van der Waals surface area contributed by atoms with Gasteiger partial charge in [-0.25, -0.2) is 14.4 Å². The van der Waals surface area contributed by atoms with Crippen LogP contribution in [0.2, 0.25) is 0 Å². The number of fused-ring (bicyclic) bond motifs is 1. The van der Waals surface area contributed by atoms with E-state index in [1.807, 2.05) is 22.9 Å². The molecule has 0 spiro atoms. The van der Waals surface area contributed by atoms with Gasteiger partial charge in [0.25, 0.3) is 5.91 Å². The van der Waals surface area contributed by atoms with Crippen LogP contribution >= 0.6 is 23.7 Å². The molecule has 0 fully saturated rings. The van der Waals surface area contributed by atoms with E-state index in [0.29, 0.717) is 17.4 Å². The molecule has 0 unspecified atom stereocenters. The molecule has 6 nitrogen and oxygen atoms in total. The summed E-state index contributed by atoms with van der Waals surface area (Å²) in [5.74, 6) is -0.0845. The third kappa shape index (κ3) is 5.63. The summed E-state index contributed by atoms with van der Waals surface area (Å²) in [7, 11) is 0. The zero-order valence-corrected chi connectivity index (χ0v) is 19.2. The number of hydrogen-bond donors (Lipinski definition) is 0. The van der Waals surface area contributed by atoms with Gasteiger partial charge in [0.05, 0.1) is 16.5 Å². The maximum atomic E-state index is 13.1. The number of nitrogens with zero attached hydrogens (tertiary/aromatic N) is 4. The van der Waals surface area contributed by atoms with Crippen molar-refractivity contribution in [2.75, 3.05) is 18.1 Å². The van der Waals surface area contributed by atoms with Gasteiger partial charge in [0.15, 0.2) is 11.7 Å². The maximum Gasteiger partial charge on any atom is 0.266 e. The van der Waals surface area contributed by atoms with Crippen LogP contribution in [0.3, 0.4) is 0 Å². The third-order valence-electron chi connectivity index (χ3n) is 4.94. The van der Waals surface area contributed by atoms with Crippen LogP contribution in [0.25, 0.3) is 10.2 Å². The Labute approximate surface area is 196 Å². The van der Waals surface area contributed by atoms with Gasteiger partial charge in [-0.05, 0) is 48.7 Å². The van der Waals surface area contributed by atoms with Crippen molar-refractivity contribution in [1.29, 1.82) is 0 Å². The van der Waals surface area contributed by atoms with Crippen LogP contribution < -0.4 is 9.64 Å². The average Bonchev–Trinajstić information content (AvgIpc) is 3.45. The Hall–Kier alpha value is -2.97. The zero-order chi connectivity index (χ0) is 21.6. The van der Waals surface area contributed by atoms with E-state index < -0.39 is 0 Å². The number of hydrogen-bond acceptors (Lipinski definition) is 5.